The monoisotopic (exact) mass is 695 g/mol. The molecule has 10 atom stereocenters. The van der Waals surface area contributed by atoms with Gasteiger partial charge in [0.15, 0.2) is 0 Å². The number of aliphatic carboxylic acids is 1. The quantitative estimate of drug-likeness (QED) is 0.0992. The summed E-state index contributed by atoms with van der Waals surface area (Å²) < 4.78 is 6.38. The van der Waals surface area contributed by atoms with Crippen LogP contribution in [0.4, 0.5) is 0 Å². The lowest BCUT2D eigenvalue weighted by Gasteiger charge is -2.71. The molecule has 4 fully saturated rings. The molecule has 0 aromatic rings. The Bertz CT molecular complexity index is 1200. The Morgan fingerprint density at radius 2 is 1.34 bits per heavy atom. The molecule has 5 rings (SSSR count). The van der Waals surface area contributed by atoms with Crippen LogP contribution in [0, 0.1) is 56.7 Å². The van der Waals surface area contributed by atoms with E-state index in [9.17, 15) is 14.7 Å². The first-order chi connectivity index (χ1) is 23.7. The number of carbonyl (C=O) groups excluding carboxylic acids is 1. The lowest BCUT2D eigenvalue weighted by molar-refractivity contribution is -0.214. The lowest BCUT2D eigenvalue weighted by Crippen LogP contribution is -2.65. The number of carboxylic acid groups (broad SMARTS) is 1. The zero-order valence-electron chi connectivity index (χ0n) is 34.0. The molecular weight excluding hydrogens is 617 g/mol. The van der Waals surface area contributed by atoms with E-state index in [1.165, 1.54) is 89.0 Å². The molecule has 50 heavy (non-hydrogen) atoms. The fourth-order valence-electron chi connectivity index (χ4n) is 13.5. The van der Waals surface area contributed by atoms with Crippen LogP contribution >= 0.6 is 0 Å². The summed E-state index contributed by atoms with van der Waals surface area (Å²) in [5, 5.41) is 10.7. The third-order valence-corrected chi connectivity index (χ3v) is 17.1. The first-order valence-electron chi connectivity index (χ1n) is 21.8. The Morgan fingerprint density at radius 1 is 0.740 bits per heavy atom. The van der Waals surface area contributed by atoms with Crippen molar-refractivity contribution in [2.45, 2.75) is 209 Å². The largest absolute Gasteiger partial charge is 0.481 e. The molecule has 5 aliphatic rings. The van der Waals surface area contributed by atoms with Crippen LogP contribution in [-0.2, 0) is 14.3 Å². The highest BCUT2D eigenvalue weighted by Gasteiger charge is 2.69. The van der Waals surface area contributed by atoms with Crippen LogP contribution in [0.3, 0.4) is 0 Å². The zero-order chi connectivity index (χ0) is 36.4. The van der Waals surface area contributed by atoms with Gasteiger partial charge < -0.3 is 9.84 Å². The number of hydrogen-bond donors (Lipinski definition) is 1. The van der Waals surface area contributed by atoms with Crippen molar-refractivity contribution in [1.29, 1.82) is 0 Å². The number of ether oxygens (including phenoxy) is 1. The van der Waals surface area contributed by atoms with E-state index in [2.05, 4.69) is 61.5 Å². The topological polar surface area (TPSA) is 63.6 Å². The molecule has 0 aromatic carbocycles. The van der Waals surface area contributed by atoms with Gasteiger partial charge in [-0.3, -0.25) is 9.59 Å². The molecule has 4 saturated carbocycles. The normalized spacial score (nSPS) is 40.4. The summed E-state index contributed by atoms with van der Waals surface area (Å²) in [6, 6.07) is 0. The molecule has 286 valence electrons. The Balaban J connectivity index is 1.15. The van der Waals surface area contributed by atoms with Crippen molar-refractivity contribution in [3.8, 4) is 0 Å². The number of unbranched alkanes of at least 4 members (excludes halogenated alkanes) is 12. The summed E-state index contributed by atoms with van der Waals surface area (Å²) in [6.07, 6.45) is 29.4. The fraction of sp³-hybridized carbons (Fsp3) is 0.913. The number of allylic oxidation sites excluding steroid dienone is 2. The Labute approximate surface area is 308 Å². The molecule has 0 amide bonds. The first kappa shape index (κ1) is 39.9. The summed E-state index contributed by atoms with van der Waals surface area (Å²) in [4.78, 5) is 26.2. The van der Waals surface area contributed by atoms with Gasteiger partial charge in [-0.25, -0.2) is 0 Å². The molecule has 1 N–H and O–H groups in total. The number of fused-ring (bicyclic) bond motifs is 7. The van der Waals surface area contributed by atoms with Crippen LogP contribution < -0.4 is 0 Å². The van der Waals surface area contributed by atoms with Crippen molar-refractivity contribution in [2.75, 3.05) is 0 Å². The van der Waals surface area contributed by atoms with Crippen molar-refractivity contribution in [2.24, 2.45) is 56.7 Å². The van der Waals surface area contributed by atoms with Crippen LogP contribution in [0.25, 0.3) is 0 Å². The number of hydrogen-bond acceptors (Lipinski definition) is 3. The Kier molecular flexibility index (Phi) is 12.7. The second kappa shape index (κ2) is 16.0. The highest BCUT2D eigenvalue weighted by Crippen LogP contribution is 2.75. The molecule has 1 unspecified atom stereocenters. The molecule has 5 aliphatic carbocycles. The molecule has 0 spiro atoms. The van der Waals surface area contributed by atoms with Crippen molar-refractivity contribution in [3.05, 3.63) is 11.6 Å². The highest BCUT2D eigenvalue weighted by atomic mass is 16.5. The summed E-state index contributed by atoms with van der Waals surface area (Å²) in [5.74, 6) is 1.69. The standard InChI is InChI=1S/C46H78O4/c1-9-10-11-12-13-14-15-16-17-18-19-20-21-22-39(47)50-38-27-28-43(6)36(42(38,4)5)26-29-45(8)37(43)24-23-35-40-34(3)33(2)25-30-46(40,41(48)49)32-31-44(35,45)7/h23,33-34,36-38,40H,9-22,24-32H2,1-8H3,(H,48,49)/t33-,34+,36?,37-,38+,40+,43+,44-,45-,46+/m1/s1. The molecule has 0 saturated heterocycles. The van der Waals surface area contributed by atoms with Crippen LogP contribution in [0.5, 0.6) is 0 Å². The maximum atomic E-state index is 13.2. The lowest BCUT2D eigenvalue weighted by atomic mass is 9.33. The van der Waals surface area contributed by atoms with Gasteiger partial charge in [-0.15, -0.1) is 0 Å². The maximum absolute atomic E-state index is 13.2. The van der Waals surface area contributed by atoms with Gasteiger partial charge in [-0.2, -0.15) is 0 Å². The second-order valence-corrected chi connectivity index (χ2v) is 19.9. The molecule has 0 radical (unpaired) electrons. The van der Waals surface area contributed by atoms with E-state index in [0.717, 1.165) is 57.8 Å². The SMILES string of the molecule is CCCCCCCCCCCCCCCC(=O)O[C@H]1CC[C@@]2(C)C(CC[C@]3(C)[C@@H]2CC=C2[C@@H]4[C@@H](C)[C@H](C)CC[C@]4(C(=O)O)CC[C@]23C)C1(C)C. The number of carboxylic acids is 1. The third-order valence-electron chi connectivity index (χ3n) is 17.1. The van der Waals surface area contributed by atoms with E-state index >= 15 is 0 Å². The van der Waals surface area contributed by atoms with Gasteiger partial charge in [0.25, 0.3) is 0 Å². The van der Waals surface area contributed by atoms with Crippen molar-refractivity contribution in [3.63, 3.8) is 0 Å². The highest BCUT2D eigenvalue weighted by molar-refractivity contribution is 5.76. The Hall–Kier alpha value is -1.32. The predicted molar refractivity (Wildman–Crippen MR) is 207 cm³/mol. The van der Waals surface area contributed by atoms with E-state index < -0.39 is 11.4 Å². The van der Waals surface area contributed by atoms with E-state index in [-0.39, 0.29) is 39.7 Å². The van der Waals surface area contributed by atoms with Crippen LogP contribution in [-0.4, -0.2) is 23.1 Å². The van der Waals surface area contributed by atoms with Gasteiger partial charge in [-0.05, 0) is 110 Å². The number of rotatable bonds is 16. The zero-order valence-corrected chi connectivity index (χ0v) is 34.0. The minimum atomic E-state index is -0.585. The Morgan fingerprint density at radius 3 is 1.94 bits per heavy atom. The van der Waals surface area contributed by atoms with Crippen LogP contribution in [0.15, 0.2) is 11.6 Å². The van der Waals surface area contributed by atoms with Crippen LogP contribution in [0.2, 0.25) is 0 Å². The minimum Gasteiger partial charge on any atom is -0.481 e. The molecule has 4 heteroatoms. The van der Waals surface area contributed by atoms with Gasteiger partial charge in [-0.1, -0.05) is 144 Å². The maximum Gasteiger partial charge on any atom is 0.310 e. The molecule has 0 bridgehead atoms. The van der Waals surface area contributed by atoms with Gasteiger partial charge in [0.2, 0.25) is 0 Å². The molecule has 0 aromatic heterocycles. The summed E-state index contributed by atoms with van der Waals surface area (Å²) in [7, 11) is 0. The van der Waals surface area contributed by atoms with Gasteiger partial charge in [0.05, 0.1) is 5.41 Å². The van der Waals surface area contributed by atoms with Crippen LogP contribution in [0.1, 0.15) is 203 Å². The van der Waals surface area contributed by atoms with Gasteiger partial charge in [0, 0.05) is 11.8 Å². The first-order valence-corrected chi connectivity index (χ1v) is 21.8. The third kappa shape index (κ3) is 7.15. The molecule has 4 nitrogen and oxygen atoms in total. The van der Waals surface area contributed by atoms with E-state index in [1.807, 2.05) is 0 Å². The van der Waals surface area contributed by atoms with Crippen molar-refractivity contribution in [1.82, 2.24) is 0 Å². The van der Waals surface area contributed by atoms with E-state index in [1.54, 1.807) is 0 Å². The smallest absolute Gasteiger partial charge is 0.310 e. The molecule has 0 heterocycles. The molecular formula is C46H78O4. The second-order valence-electron chi connectivity index (χ2n) is 19.9. The summed E-state index contributed by atoms with van der Waals surface area (Å²) in [6.45, 7) is 19.5. The number of esters is 1. The van der Waals surface area contributed by atoms with Gasteiger partial charge >= 0.3 is 11.9 Å². The van der Waals surface area contributed by atoms with Gasteiger partial charge in [0.1, 0.15) is 6.10 Å². The molecule has 0 aliphatic heterocycles. The average molecular weight is 695 g/mol. The van der Waals surface area contributed by atoms with E-state index in [4.69, 9.17) is 4.74 Å². The summed E-state index contributed by atoms with van der Waals surface area (Å²) in [5.41, 5.74) is 1.26. The average Bonchev–Trinajstić information content (AvgIpc) is 3.06. The van der Waals surface area contributed by atoms with Crippen molar-refractivity contribution >= 4 is 11.9 Å². The number of carbonyl (C=O) groups is 2. The fourth-order valence-corrected chi connectivity index (χ4v) is 13.5. The predicted octanol–water partition coefficient (Wildman–Crippen LogP) is 13.1. The summed E-state index contributed by atoms with van der Waals surface area (Å²) >= 11 is 0. The minimum absolute atomic E-state index is 0.000114. The van der Waals surface area contributed by atoms with Crippen molar-refractivity contribution < 1.29 is 19.4 Å². The van der Waals surface area contributed by atoms with E-state index in [0.29, 0.717) is 30.1 Å².